The van der Waals surface area contributed by atoms with Gasteiger partial charge in [-0.1, -0.05) is 23.7 Å². The zero-order valence-electron chi connectivity index (χ0n) is 17.4. The largest absolute Gasteiger partial charge is 0.497 e. The van der Waals surface area contributed by atoms with Gasteiger partial charge in [0.05, 0.1) is 18.0 Å². The summed E-state index contributed by atoms with van der Waals surface area (Å²) in [4.78, 5) is 29.2. The molecule has 0 bridgehead atoms. The van der Waals surface area contributed by atoms with Crippen LogP contribution in [-0.4, -0.2) is 18.0 Å². The van der Waals surface area contributed by atoms with Crippen molar-refractivity contribution in [3.8, 4) is 5.75 Å². The minimum absolute atomic E-state index is 0.0363. The predicted molar refractivity (Wildman–Crippen MR) is 130 cm³/mol. The van der Waals surface area contributed by atoms with Crippen molar-refractivity contribution in [2.75, 3.05) is 11.8 Å². The highest BCUT2D eigenvalue weighted by Crippen LogP contribution is 2.26. The van der Waals surface area contributed by atoms with Crippen LogP contribution in [0.5, 0.6) is 5.75 Å². The van der Waals surface area contributed by atoms with Crippen LogP contribution in [0.2, 0.25) is 5.02 Å². The van der Waals surface area contributed by atoms with E-state index in [4.69, 9.17) is 16.3 Å². The molecule has 0 aliphatic rings. The lowest BCUT2D eigenvalue weighted by molar-refractivity contribution is 0.0949. The number of hydrogen-bond donors (Lipinski definition) is 3. The van der Waals surface area contributed by atoms with Crippen LogP contribution >= 0.6 is 23.5 Å². The molecule has 4 aromatic rings. The first-order valence-electron chi connectivity index (χ1n) is 9.89. The summed E-state index contributed by atoms with van der Waals surface area (Å²) in [6.45, 7) is 0.224. The fraction of sp³-hybridized carbons (Fsp3) is 0.0833. The Labute approximate surface area is 198 Å². The fourth-order valence-corrected chi connectivity index (χ4v) is 3.91. The molecule has 1 heterocycles. The molecule has 168 valence electrons. The number of methoxy groups -OCH3 is 1. The van der Waals surface area contributed by atoms with Crippen molar-refractivity contribution in [1.82, 2.24) is 10.3 Å². The standard InChI is InChI=1S/C24H19ClFN3O3S/c1-32-17-6-8-18(9-7-17)33-29-16-10-19-22(21(26)11-16)27-13-20(23(19)30)24(31)28-12-14-2-4-15(25)5-3-14/h2-11,13,29H,12H2,1H3,(H,27,30)(H,28,31). The van der Waals surface area contributed by atoms with E-state index in [1.807, 2.05) is 24.3 Å². The molecule has 0 saturated carbocycles. The number of ether oxygens (including phenoxy) is 1. The van der Waals surface area contributed by atoms with Gasteiger partial charge in [-0.15, -0.1) is 0 Å². The van der Waals surface area contributed by atoms with E-state index in [9.17, 15) is 14.0 Å². The summed E-state index contributed by atoms with van der Waals surface area (Å²) in [5.74, 6) is -0.431. The van der Waals surface area contributed by atoms with Crippen molar-refractivity contribution in [3.05, 3.63) is 99.1 Å². The molecule has 1 amide bonds. The maximum atomic E-state index is 14.6. The third kappa shape index (κ3) is 5.30. The predicted octanol–water partition coefficient (Wildman–Crippen LogP) is 5.38. The maximum Gasteiger partial charge on any atom is 0.257 e. The molecular formula is C24H19ClFN3O3S. The Balaban J connectivity index is 1.54. The highest BCUT2D eigenvalue weighted by Gasteiger charge is 2.16. The van der Waals surface area contributed by atoms with Gasteiger partial charge >= 0.3 is 0 Å². The molecule has 4 rings (SSSR count). The van der Waals surface area contributed by atoms with Crippen LogP contribution in [0.4, 0.5) is 10.1 Å². The van der Waals surface area contributed by atoms with E-state index < -0.39 is 17.2 Å². The number of aromatic amines is 1. The van der Waals surface area contributed by atoms with Crippen LogP contribution in [0.15, 0.2) is 76.6 Å². The molecule has 0 spiro atoms. The molecule has 0 radical (unpaired) electrons. The molecule has 33 heavy (non-hydrogen) atoms. The summed E-state index contributed by atoms with van der Waals surface area (Å²) in [5, 5.41) is 3.37. The van der Waals surface area contributed by atoms with E-state index in [-0.39, 0.29) is 23.0 Å². The summed E-state index contributed by atoms with van der Waals surface area (Å²) >= 11 is 7.13. The van der Waals surface area contributed by atoms with Gasteiger partial charge in [0.25, 0.3) is 5.91 Å². The Morgan fingerprint density at radius 3 is 2.55 bits per heavy atom. The van der Waals surface area contributed by atoms with E-state index in [0.717, 1.165) is 16.2 Å². The molecule has 9 heteroatoms. The third-order valence-electron chi connectivity index (χ3n) is 4.90. The molecule has 3 aromatic carbocycles. The molecule has 0 aliphatic heterocycles. The zero-order valence-corrected chi connectivity index (χ0v) is 19.0. The number of nitrogens with one attached hydrogen (secondary N) is 3. The van der Waals surface area contributed by atoms with Crippen LogP contribution in [0.25, 0.3) is 10.9 Å². The Bertz CT molecular complexity index is 1360. The van der Waals surface area contributed by atoms with Crippen molar-refractivity contribution >= 4 is 46.0 Å². The zero-order chi connectivity index (χ0) is 23.4. The van der Waals surface area contributed by atoms with Crippen molar-refractivity contribution < 1.29 is 13.9 Å². The van der Waals surface area contributed by atoms with Gasteiger partial charge in [0.2, 0.25) is 5.43 Å². The fourth-order valence-electron chi connectivity index (χ4n) is 3.16. The smallest absolute Gasteiger partial charge is 0.257 e. The number of fused-ring (bicyclic) bond motifs is 1. The van der Waals surface area contributed by atoms with E-state index in [2.05, 4.69) is 15.0 Å². The molecule has 6 nitrogen and oxygen atoms in total. The molecule has 1 aromatic heterocycles. The third-order valence-corrected chi connectivity index (χ3v) is 6.00. The highest BCUT2D eigenvalue weighted by atomic mass is 35.5. The number of pyridine rings is 1. The van der Waals surface area contributed by atoms with Crippen LogP contribution in [-0.2, 0) is 6.54 Å². The Kier molecular flexibility index (Phi) is 6.86. The highest BCUT2D eigenvalue weighted by molar-refractivity contribution is 8.00. The van der Waals surface area contributed by atoms with Gasteiger partial charge in [0.15, 0.2) is 0 Å². The van der Waals surface area contributed by atoms with Crippen molar-refractivity contribution in [2.45, 2.75) is 11.4 Å². The number of halogens is 2. The van der Waals surface area contributed by atoms with Gasteiger partial charge in [0, 0.05) is 34.4 Å². The van der Waals surface area contributed by atoms with Crippen LogP contribution in [0.1, 0.15) is 15.9 Å². The van der Waals surface area contributed by atoms with Gasteiger partial charge < -0.3 is 19.8 Å². The number of amides is 1. The molecule has 0 fully saturated rings. The van der Waals surface area contributed by atoms with Crippen molar-refractivity contribution in [3.63, 3.8) is 0 Å². The molecular weight excluding hydrogens is 465 g/mol. The number of hydrogen-bond acceptors (Lipinski definition) is 5. The Morgan fingerprint density at radius 1 is 1.12 bits per heavy atom. The van der Waals surface area contributed by atoms with E-state index >= 15 is 0 Å². The minimum atomic E-state index is -0.601. The number of rotatable bonds is 7. The van der Waals surface area contributed by atoms with Crippen molar-refractivity contribution in [2.24, 2.45) is 0 Å². The van der Waals surface area contributed by atoms with Crippen LogP contribution < -0.4 is 20.2 Å². The molecule has 3 N–H and O–H groups in total. The summed E-state index contributed by atoms with van der Waals surface area (Å²) in [7, 11) is 1.59. The van der Waals surface area contributed by atoms with Gasteiger partial charge in [-0.25, -0.2) is 4.39 Å². The first-order chi connectivity index (χ1) is 15.9. The number of anilines is 1. The topological polar surface area (TPSA) is 83.2 Å². The lowest BCUT2D eigenvalue weighted by Crippen LogP contribution is -2.28. The monoisotopic (exact) mass is 483 g/mol. The van der Waals surface area contributed by atoms with Crippen molar-refractivity contribution in [1.29, 1.82) is 0 Å². The summed E-state index contributed by atoms with van der Waals surface area (Å²) in [6.07, 6.45) is 1.23. The first-order valence-corrected chi connectivity index (χ1v) is 11.1. The maximum absolute atomic E-state index is 14.6. The van der Waals surface area contributed by atoms with Gasteiger partial charge in [-0.05, 0) is 60.0 Å². The van der Waals surface area contributed by atoms with Gasteiger partial charge in [0.1, 0.15) is 17.1 Å². The first kappa shape index (κ1) is 22.7. The number of carbonyl (C=O) groups is 1. The second kappa shape index (κ2) is 9.97. The second-order valence-corrected chi connectivity index (χ2v) is 8.42. The van der Waals surface area contributed by atoms with E-state index in [1.54, 1.807) is 31.4 Å². The summed E-state index contributed by atoms with van der Waals surface area (Å²) in [6, 6.07) is 17.1. The summed E-state index contributed by atoms with van der Waals surface area (Å²) in [5.41, 5.74) is 0.600. The molecule has 0 unspecified atom stereocenters. The quantitative estimate of drug-likeness (QED) is 0.307. The van der Waals surface area contributed by atoms with Crippen LogP contribution in [0, 0.1) is 5.82 Å². The summed E-state index contributed by atoms with van der Waals surface area (Å²) < 4.78 is 22.8. The normalized spacial score (nSPS) is 10.8. The SMILES string of the molecule is COc1ccc(SNc2cc(F)c3[nH]cc(C(=O)NCc4ccc(Cl)cc4)c(=O)c3c2)cc1. The lowest BCUT2D eigenvalue weighted by Gasteiger charge is -2.10. The minimum Gasteiger partial charge on any atom is -0.497 e. The average Bonchev–Trinajstić information content (AvgIpc) is 2.83. The lowest BCUT2D eigenvalue weighted by atomic mass is 10.1. The Hall–Kier alpha value is -3.49. The van der Waals surface area contributed by atoms with Gasteiger partial charge in [-0.3, -0.25) is 9.59 Å². The van der Waals surface area contributed by atoms with E-state index in [1.165, 1.54) is 30.3 Å². The van der Waals surface area contributed by atoms with E-state index in [0.29, 0.717) is 10.7 Å². The number of benzene rings is 3. The number of aromatic nitrogens is 1. The molecule has 0 saturated heterocycles. The number of carbonyl (C=O) groups excluding carboxylic acids is 1. The Morgan fingerprint density at radius 2 is 1.85 bits per heavy atom. The second-order valence-electron chi connectivity index (χ2n) is 7.10. The average molecular weight is 484 g/mol. The number of H-pyrrole nitrogens is 1. The molecule has 0 aliphatic carbocycles. The van der Waals surface area contributed by atoms with Gasteiger partial charge in [-0.2, -0.15) is 0 Å². The van der Waals surface area contributed by atoms with Crippen LogP contribution in [0.3, 0.4) is 0 Å². The molecule has 0 atom stereocenters.